The quantitative estimate of drug-likeness (QED) is 0.783. The van der Waals surface area contributed by atoms with Gasteiger partial charge in [0.05, 0.1) is 0 Å². The van der Waals surface area contributed by atoms with Gasteiger partial charge < -0.3 is 5.11 Å². The number of aromatic nitrogens is 4. The first-order chi connectivity index (χ1) is 6.74. The smallest absolute Gasteiger partial charge is 0.356 e. The highest BCUT2D eigenvalue weighted by molar-refractivity contribution is 7.97. The van der Waals surface area contributed by atoms with E-state index >= 15 is 0 Å². The second-order valence-electron chi connectivity index (χ2n) is 2.45. The van der Waals surface area contributed by atoms with Crippen molar-refractivity contribution in [2.24, 2.45) is 0 Å². The van der Waals surface area contributed by atoms with Crippen molar-refractivity contribution in [2.45, 2.75) is 0 Å². The average Bonchev–Trinajstić information content (AvgIpc) is 2.59. The van der Waals surface area contributed by atoms with E-state index in [4.69, 9.17) is 5.11 Å². The number of rotatable bonds is 2. The summed E-state index contributed by atoms with van der Waals surface area (Å²) in [5.74, 6) is -1.09. The zero-order valence-corrected chi connectivity index (χ0v) is 8.02. The van der Waals surface area contributed by atoms with Crippen molar-refractivity contribution in [2.75, 3.05) is 6.26 Å². The zero-order chi connectivity index (χ0) is 10.1. The topological polar surface area (TPSA) is 80.9 Å². The van der Waals surface area contributed by atoms with Crippen LogP contribution in [-0.4, -0.2) is 36.3 Å². The molecule has 0 aliphatic heterocycles. The molecule has 0 radical (unpaired) electrons. The van der Waals surface area contributed by atoms with Crippen LogP contribution >= 0.6 is 11.9 Å². The Morgan fingerprint density at radius 1 is 1.50 bits per heavy atom. The second-order valence-corrected chi connectivity index (χ2v) is 3.21. The minimum Gasteiger partial charge on any atom is -0.476 e. The highest BCUT2D eigenvalue weighted by atomic mass is 32.2. The molecule has 1 N–H and O–H groups in total. The lowest BCUT2D eigenvalue weighted by atomic mass is 10.4. The van der Waals surface area contributed by atoms with Crippen LogP contribution in [0.2, 0.25) is 0 Å². The fraction of sp³-hybridized carbons (Fsp3) is 0.143. The predicted molar refractivity (Wildman–Crippen MR) is 51.2 cm³/mol. The second kappa shape index (κ2) is 3.26. The summed E-state index contributed by atoms with van der Waals surface area (Å²) >= 11 is 1.40. The van der Waals surface area contributed by atoms with Crippen molar-refractivity contribution in [1.29, 1.82) is 0 Å². The average molecular weight is 210 g/mol. The van der Waals surface area contributed by atoms with E-state index in [-0.39, 0.29) is 5.69 Å². The van der Waals surface area contributed by atoms with Crippen molar-refractivity contribution in [3.63, 3.8) is 0 Å². The summed E-state index contributed by atoms with van der Waals surface area (Å²) in [7, 11) is 0. The predicted octanol–water partition coefficient (Wildman–Crippen LogP) is 0.651. The van der Waals surface area contributed by atoms with Gasteiger partial charge in [0.1, 0.15) is 18.2 Å². The van der Waals surface area contributed by atoms with Gasteiger partial charge in [0.2, 0.25) is 0 Å². The van der Waals surface area contributed by atoms with Gasteiger partial charge in [0, 0.05) is 6.26 Å². The molecule has 0 amide bonds. The van der Waals surface area contributed by atoms with E-state index in [1.165, 1.54) is 24.6 Å². The maximum Gasteiger partial charge on any atom is 0.356 e. The number of hydrogen-bond acceptors (Lipinski definition) is 5. The lowest BCUT2D eigenvalue weighted by Crippen LogP contribution is -2.02. The first-order valence-corrected chi connectivity index (χ1v) is 4.88. The number of imidazole rings is 1. The Morgan fingerprint density at radius 2 is 2.29 bits per heavy atom. The van der Waals surface area contributed by atoms with E-state index < -0.39 is 5.97 Å². The molecular weight excluding hydrogens is 204 g/mol. The van der Waals surface area contributed by atoms with Crippen molar-refractivity contribution >= 4 is 29.1 Å². The molecule has 0 aliphatic carbocycles. The summed E-state index contributed by atoms with van der Waals surface area (Å²) in [6, 6.07) is 0. The number of hydrogen-bond donors (Lipinski definition) is 1. The molecule has 2 heterocycles. The fourth-order valence-electron chi connectivity index (χ4n) is 1.10. The maximum atomic E-state index is 10.8. The third kappa shape index (κ3) is 1.22. The molecule has 2 rings (SSSR count). The van der Waals surface area contributed by atoms with E-state index in [2.05, 4.69) is 15.0 Å². The molecule has 7 heteroatoms. The van der Waals surface area contributed by atoms with E-state index in [0.29, 0.717) is 11.2 Å². The number of fused-ring (bicyclic) bond motifs is 1. The molecule has 6 nitrogen and oxygen atoms in total. The first kappa shape index (κ1) is 8.95. The highest BCUT2D eigenvalue weighted by Gasteiger charge is 2.14. The molecule has 0 saturated carbocycles. The number of aromatic carboxylic acids is 1. The summed E-state index contributed by atoms with van der Waals surface area (Å²) in [5.41, 5.74) is 0.766. The van der Waals surface area contributed by atoms with Gasteiger partial charge in [0.15, 0.2) is 11.3 Å². The summed E-state index contributed by atoms with van der Waals surface area (Å²) < 4.78 is 1.68. The van der Waals surface area contributed by atoms with Crippen LogP contribution < -0.4 is 0 Å². The van der Waals surface area contributed by atoms with Gasteiger partial charge in [-0.2, -0.15) is 0 Å². The number of carboxylic acids is 1. The SMILES string of the molecule is CSn1cnc2c(C(=O)O)ncnc21. The molecule has 0 fully saturated rings. The molecule has 0 saturated heterocycles. The summed E-state index contributed by atoms with van der Waals surface area (Å²) in [6.45, 7) is 0. The molecule has 2 aromatic heterocycles. The Kier molecular flexibility index (Phi) is 2.08. The van der Waals surface area contributed by atoms with Crippen LogP contribution in [0.4, 0.5) is 0 Å². The third-order valence-electron chi connectivity index (χ3n) is 1.70. The Hall–Kier alpha value is -1.63. The van der Waals surface area contributed by atoms with Crippen LogP contribution in [0.3, 0.4) is 0 Å². The van der Waals surface area contributed by atoms with Gasteiger partial charge in [-0.05, 0) is 11.9 Å². The normalized spacial score (nSPS) is 10.6. The van der Waals surface area contributed by atoms with Crippen LogP contribution in [0.5, 0.6) is 0 Å². The lowest BCUT2D eigenvalue weighted by Gasteiger charge is -1.96. The number of carboxylic acid groups (broad SMARTS) is 1. The van der Waals surface area contributed by atoms with Gasteiger partial charge in [0.25, 0.3) is 0 Å². The fourth-order valence-corrected chi connectivity index (χ4v) is 1.55. The van der Waals surface area contributed by atoms with Crippen molar-refractivity contribution in [3.05, 3.63) is 18.3 Å². The molecule has 0 aromatic carbocycles. The van der Waals surface area contributed by atoms with Crippen molar-refractivity contribution < 1.29 is 9.90 Å². The van der Waals surface area contributed by atoms with E-state index in [1.807, 2.05) is 6.26 Å². The van der Waals surface area contributed by atoms with Crippen molar-refractivity contribution in [3.8, 4) is 0 Å². The van der Waals surface area contributed by atoms with Crippen LogP contribution in [0.1, 0.15) is 10.5 Å². The molecule has 0 unspecified atom stereocenters. The van der Waals surface area contributed by atoms with Gasteiger partial charge in [-0.3, -0.25) is 3.97 Å². The van der Waals surface area contributed by atoms with Crippen LogP contribution in [0.25, 0.3) is 11.2 Å². The Bertz CT molecular complexity index is 495. The summed E-state index contributed by atoms with van der Waals surface area (Å²) in [6.07, 6.45) is 4.60. The van der Waals surface area contributed by atoms with E-state index in [0.717, 1.165) is 0 Å². The monoisotopic (exact) mass is 210 g/mol. The van der Waals surface area contributed by atoms with Crippen LogP contribution in [0, 0.1) is 0 Å². The molecular formula is C7H6N4O2S. The summed E-state index contributed by atoms with van der Waals surface area (Å²) in [5, 5.41) is 8.82. The number of nitrogens with zero attached hydrogens (tertiary/aromatic N) is 4. The van der Waals surface area contributed by atoms with E-state index in [9.17, 15) is 4.79 Å². The highest BCUT2D eigenvalue weighted by Crippen LogP contribution is 2.16. The maximum absolute atomic E-state index is 10.8. The molecule has 0 atom stereocenters. The molecule has 0 aliphatic rings. The number of carbonyl (C=O) groups is 1. The molecule has 72 valence electrons. The van der Waals surface area contributed by atoms with E-state index in [1.54, 1.807) is 3.97 Å². The molecule has 14 heavy (non-hydrogen) atoms. The minimum absolute atomic E-state index is 0.0669. The Labute approximate surface area is 83.1 Å². The van der Waals surface area contributed by atoms with Gasteiger partial charge in [-0.25, -0.2) is 19.7 Å². The van der Waals surface area contributed by atoms with Crippen LogP contribution in [-0.2, 0) is 0 Å². The molecule has 0 spiro atoms. The van der Waals surface area contributed by atoms with Crippen molar-refractivity contribution in [1.82, 2.24) is 18.9 Å². The zero-order valence-electron chi connectivity index (χ0n) is 7.21. The minimum atomic E-state index is -1.09. The summed E-state index contributed by atoms with van der Waals surface area (Å²) in [4.78, 5) is 22.3. The Morgan fingerprint density at radius 3 is 2.93 bits per heavy atom. The Balaban J connectivity index is 2.76. The van der Waals surface area contributed by atoms with Crippen LogP contribution in [0.15, 0.2) is 12.7 Å². The standard InChI is InChI=1S/C7H6N4O2S/c1-14-11-3-10-4-5(7(12)13)8-2-9-6(4)11/h2-3H,1H3,(H,12,13). The van der Waals surface area contributed by atoms with Gasteiger partial charge in [-0.1, -0.05) is 0 Å². The largest absolute Gasteiger partial charge is 0.476 e. The molecule has 0 bridgehead atoms. The third-order valence-corrected chi connectivity index (χ3v) is 2.36. The lowest BCUT2D eigenvalue weighted by molar-refractivity contribution is 0.0692. The first-order valence-electron chi connectivity index (χ1n) is 3.70. The molecule has 2 aromatic rings. The van der Waals surface area contributed by atoms with Gasteiger partial charge in [-0.15, -0.1) is 0 Å². The van der Waals surface area contributed by atoms with Gasteiger partial charge >= 0.3 is 5.97 Å².